The number of hydrogen-bond acceptors (Lipinski definition) is 4. The molecule has 12 heavy (non-hydrogen) atoms. The molecule has 0 aromatic rings. The molecule has 2 heterocycles. The summed E-state index contributed by atoms with van der Waals surface area (Å²) >= 11 is 0. The molecule has 0 aromatic carbocycles. The smallest absolute Gasteiger partial charge is 0.420 e. The molecule has 2 rings (SSSR count). The zero-order chi connectivity index (χ0) is 8.60. The highest BCUT2D eigenvalue weighted by atomic mass is 16.8. The van der Waals surface area contributed by atoms with E-state index in [4.69, 9.17) is 14.2 Å². The van der Waals surface area contributed by atoms with Gasteiger partial charge < -0.3 is 14.2 Å². The van der Waals surface area contributed by atoms with Crippen LogP contribution in [0.1, 0.15) is 12.8 Å². The normalized spacial score (nSPS) is 38.7. The Balaban J connectivity index is 2.19. The Morgan fingerprint density at radius 2 is 2.58 bits per heavy atom. The molecular formula is C8H10O4. The molecule has 2 unspecified atom stereocenters. The van der Waals surface area contributed by atoms with Crippen molar-refractivity contribution in [1.29, 1.82) is 0 Å². The van der Waals surface area contributed by atoms with Crippen LogP contribution in [-0.2, 0) is 14.2 Å². The van der Waals surface area contributed by atoms with Gasteiger partial charge in [0.2, 0.25) is 6.29 Å². The number of rotatable bonds is 2. The minimum atomic E-state index is -0.637. The van der Waals surface area contributed by atoms with Crippen molar-refractivity contribution in [3.63, 3.8) is 0 Å². The van der Waals surface area contributed by atoms with E-state index in [9.17, 15) is 4.79 Å². The fourth-order valence-electron chi connectivity index (χ4n) is 1.61. The zero-order valence-corrected chi connectivity index (χ0v) is 6.62. The van der Waals surface area contributed by atoms with Crippen LogP contribution in [0.4, 0.5) is 4.79 Å². The number of carbonyl (C=O) groups is 1. The first-order chi connectivity index (χ1) is 5.77. The molecule has 2 aliphatic heterocycles. The summed E-state index contributed by atoms with van der Waals surface area (Å²) in [5, 5.41) is 0. The van der Waals surface area contributed by atoms with Crippen molar-refractivity contribution < 1.29 is 19.0 Å². The van der Waals surface area contributed by atoms with Gasteiger partial charge in [-0.15, -0.1) is 6.58 Å². The van der Waals surface area contributed by atoms with E-state index in [0.717, 1.165) is 0 Å². The Bertz CT molecular complexity index is 225. The van der Waals surface area contributed by atoms with Gasteiger partial charge >= 0.3 is 6.16 Å². The molecule has 4 nitrogen and oxygen atoms in total. The summed E-state index contributed by atoms with van der Waals surface area (Å²) < 4.78 is 15.1. The van der Waals surface area contributed by atoms with Gasteiger partial charge in [-0.3, -0.25) is 0 Å². The van der Waals surface area contributed by atoms with Crippen LogP contribution in [0.15, 0.2) is 12.7 Å². The SMILES string of the molecule is C=CCC12CCOC1OC(=O)O2. The van der Waals surface area contributed by atoms with Gasteiger partial charge in [-0.05, 0) is 0 Å². The quantitative estimate of drug-likeness (QED) is 0.461. The maximum Gasteiger partial charge on any atom is 0.511 e. The molecule has 66 valence electrons. The molecule has 0 spiro atoms. The zero-order valence-electron chi connectivity index (χ0n) is 6.62. The van der Waals surface area contributed by atoms with Gasteiger partial charge in [0.15, 0.2) is 5.60 Å². The predicted octanol–water partition coefficient (Wildman–Crippen LogP) is 1.21. The highest BCUT2D eigenvalue weighted by Crippen LogP contribution is 2.39. The monoisotopic (exact) mass is 170 g/mol. The van der Waals surface area contributed by atoms with Crippen molar-refractivity contribution in [2.75, 3.05) is 6.61 Å². The summed E-state index contributed by atoms with van der Waals surface area (Å²) in [6, 6.07) is 0. The lowest BCUT2D eigenvalue weighted by Gasteiger charge is -2.20. The lowest BCUT2D eigenvalue weighted by molar-refractivity contribution is -0.0790. The van der Waals surface area contributed by atoms with Crippen molar-refractivity contribution in [1.82, 2.24) is 0 Å². The first kappa shape index (κ1) is 7.61. The van der Waals surface area contributed by atoms with Crippen LogP contribution >= 0.6 is 0 Å². The molecule has 4 heteroatoms. The Labute approximate surface area is 70.1 Å². The molecule has 0 radical (unpaired) electrons. The van der Waals surface area contributed by atoms with Crippen LogP contribution in [-0.4, -0.2) is 24.7 Å². The molecule has 0 saturated carbocycles. The van der Waals surface area contributed by atoms with Crippen molar-refractivity contribution in [2.45, 2.75) is 24.7 Å². The van der Waals surface area contributed by atoms with Crippen LogP contribution in [0.2, 0.25) is 0 Å². The average Bonchev–Trinajstić information content (AvgIpc) is 2.44. The van der Waals surface area contributed by atoms with Crippen LogP contribution in [0, 0.1) is 0 Å². The molecule has 0 aromatic heterocycles. The highest BCUT2D eigenvalue weighted by molar-refractivity contribution is 5.63. The van der Waals surface area contributed by atoms with Gasteiger partial charge in [-0.25, -0.2) is 4.79 Å². The number of fused-ring (bicyclic) bond motifs is 1. The van der Waals surface area contributed by atoms with Gasteiger partial charge in [0.1, 0.15) is 0 Å². The van der Waals surface area contributed by atoms with E-state index in [-0.39, 0.29) is 0 Å². The van der Waals surface area contributed by atoms with Gasteiger partial charge in [0, 0.05) is 12.8 Å². The summed E-state index contributed by atoms with van der Waals surface area (Å²) in [4.78, 5) is 10.8. The third kappa shape index (κ3) is 0.914. The second kappa shape index (κ2) is 2.48. The van der Waals surface area contributed by atoms with Gasteiger partial charge in [0.25, 0.3) is 0 Å². The summed E-state index contributed by atoms with van der Waals surface area (Å²) in [6.45, 7) is 4.18. The molecule has 0 N–H and O–H groups in total. The maximum atomic E-state index is 10.8. The molecule has 2 aliphatic rings. The average molecular weight is 170 g/mol. The summed E-state index contributed by atoms with van der Waals surface area (Å²) in [5.41, 5.74) is -0.584. The minimum Gasteiger partial charge on any atom is -0.420 e. The molecule has 0 aliphatic carbocycles. The molecular weight excluding hydrogens is 160 g/mol. The van der Waals surface area contributed by atoms with E-state index in [1.807, 2.05) is 0 Å². The molecule has 0 amide bonds. The number of carbonyl (C=O) groups excluding carboxylic acids is 1. The number of ether oxygens (including phenoxy) is 3. The van der Waals surface area contributed by atoms with Gasteiger partial charge in [-0.1, -0.05) is 6.08 Å². The van der Waals surface area contributed by atoms with E-state index in [2.05, 4.69) is 6.58 Å². The molecule has 0 bridgehead atoms. The highest BCUT2D eigenvalue weighted by Gasteiger charge is 2.55. The second-order valence-electron chi connectivity index (χ2n) is 2.98. The predicted molar refractivity (Wildman–Crippen MR) is 39.5 cm³/mol. The Morgan fingerprint density at radius 3 is 3.33 bits per heavy atom. The topological polar surface area (TPSA) is 44.8 Å². The fraction of sp³-hybridized carbons (Fsp3) is 0.625. The van der Waals surface area contributed by atoms with Crippen LogP contribution in [0.5, 0.6) is 0 Å². The molecule has 2 fully saturated rings. The van der Waals surface area contributed by atoms with E-state index in [1.165, 1.54) is 0 Å². The molecule has 2 atom stereocenters. The standard InChI is InChI=1S/C8H10O4/c1-2-3-8-4-5-10-6(8)11-7(9)12-8/h2,6H,1,3-5H2. The Hall–Kier alpha value is -1.03. The first-order valence-corrected chi connectivity index (χ1v) is 3.89. The van der Waals surface area contributed by atoms with E-state index in [0.29, 0.717) is 19.4 Å². The first-order valence-electron chi connectivity index (χ1n) is 3.89. The van der Waals surface area contributed by atoms with Crippen molar-refractivity contribution in [3.8, 4) is 0 Å². The second-order valence-corrected chi connectivity index (χ2v) is 2.98. The Morgan fingerprint density at radius 1 is 1.75 bits per heavy atom. The van der Waals surface area contributed by atoms with E-state index in [1.54, 1.807) is 6.08 Å². The fourth-order valence-corrected chi connectivity index (χ4v) is 1.61. The summed E-state index contributed by atoms with van der Waals surface area (Å²) in [7, 11) is 0. The lowest BCUT2D eigenvalue weighted by Crippen LogP contribution is -2.34. The Kier molecular flexibility index (Phi) is 1.58. The van der Waals surface area contributed by atoms with Crippen molar-refractivity contribution >= 4 is 6.16 Å². The lowest BCUT2D eigenvalue weighted by atomic mass is 9.98. The van der Waals surface area contributed by atoms with Crippen LogP contribution in [0.3, 0.4) is 0 Å². The van der Waals surface area contributed by atoms with E-state index >= 15 is 0 Å². The van der Waals surface area contributed by atoms with Gasteiger partial charge in [-0.2, -0.15) is 0 Å². The van der Waals surface area contributed by atoms with Crippen LogP contribution < -0.4 is 0 Å². The van der Waals surface area contributed by atoms with Gasteiger partial charge in [0.05, 0.1) is 6.61 Å². The number of hydrogen-bond donors (Lipinski definition) is 0. The third-order valence-electron chi connectivity index (χ3n) is 2.20. The van der Waals surface area contributed by atoms with Crippen LogP contribution in [0.25, 0.3) is 0 Å². The minimum absolute atomic E-state index is 0.525. The van der Waals surface area contributed by atoms with E-state index < -0.39 is 18.0 Å². The summed E-state index contributed by atoms with van der Waals surface area (Å²) in [5.74, 6) is 0. The third-order valence-corrected chi connectivity index (χ3v) is 2.20. The van der Waals surface area contributed by atoms with Crippen molar-refractivity contribution in [3.05, 3.63) is 12.7 Å². The largest absolute Gasteiger partial charge is 0.511 e. The summed E-state index contributed by atoms with van der Waals surface area (Å²) in [6.07, 6.45) is 1.83. The van der Waals surface area contributed by atoms with Crippen molar-refractivity contribution in [2.24, 2.45) is 0 Å². The maximum absolute atomic E-state index is 10.8. The molecule has 2 saturated heterocycles.